The molecule has 20 heteroatoms. The minimum atomic E-state index is -4.54. The average Bonchev–Trinajstić information content (AvgIpc) is 3.65. The Bertz CT molecular complexity index is 1580. The van der Waals surface area contributed by atoms with Gasteiger partial charge in [0, 0.05) is 40.5 Å². The van der Waals surface area contributed by atoms with Gasteiger partial charge in [0.15, 0.2) is 5.13 Å². The van der Waals surface area contributed by atoms with E-state index < -0.39 is 52.9 Å². The first-order valence-electron chi connectivity index (χ1n) is 13.1. The van der Waals surface area contributed by atoms with Gasteiger partial charge >= 0.3 is 12.1 Å². The van der Waals surface area contributed by atoms with E-state index in [2.05, 4.69) is 30.5 Å². The van der Waals surface area contributed by atoms with Crippen molar-refractivity contribution >= 4 is 75.3 Å². The van der Waals surface area contributed by atoms with E-state index in [0.29, 0.717) is 18.5 Å². The third-order valence-corrected chi connectivity index (χ3v) is 10.2. The number of halogens is 3. The number of carboxylic acid groups (broad SMARTS) is 1. The van der Waals surface area contributed by atoms with Gasteiger partial charge < -0.3 is 31.6 Å². The Balaban J connectivity index is 1.18. The lowest BCUT2D eigenvalue weighted by Crippen LogP contribution is -2.71. The minimum absolute atomic E-state index is 0.0261. The molecule has 1 aromatic heterocycles. The van der Waals surface area contributed by atoms with Gasteiger partial charge in [-0.15, -0.1) is 11.8 Å². The molecule has 2 aromatic rings. The molecular weight excluding hydrogens is 662 g/mol. The molecule has 3 amide bonds. The van der Waals surface area contributed by atoms with Gasteiger partial charge in [-0.3, -0.25) is 19.3 Å². The number of alkyl halides is 3. The van der Waals surface area contributed by atoms with Crippen LogP contribution in [0.3, 0.4) is 0 Å². The van der Waals surface area contributed by atoms with E-state index in [1.807, 2.05) is 0 Å². The predicted molar refractivity (Wildman–Crippen MR) is 160 cm³/mol. The fourth-order valence-corrected chi connectivity index (χ4v) is 7.99. The first-order valence-corrected chi connectivity index (χ1v) is 16.0. The quantitative estimate of drug-likeness (QED) is 0.137. The number of anilines is 2. The third kappa shape index (κ3) is 7.02. The summed E-state index contributed by atoms with van der Waals surface area (Å²) in [5.41, 5.74) is 4.79. The average molecular weight is 687 g/mol. The number of hydrogen-bond donors (Lipinski definition) is 5. The van der Waals surface area contributed by atoms with Gasteiger partial charge in [0.1, 0.15) is 24.2 Å². The number of amides is 3. The number of nitrogens with two attached hydrogens (primary N) is 1. The van der Waals surface area contributed by atoms with E-state index >= 15 is 0 Å². The molecule has 4 atom stereocenters. The number of nitrogen functional groups attached to an aromatic ring is 1. The van der Waals surface area contributed by atoms with E-state index in [4.69, 9.17) is 10.6 Å². The summed E-state index contributed by atoms with van der Waals surface area (Å²) in [5.74, 6) is -2.73. The van der Waals surface area contributed by atoms with Crippen LogP contribution >= 0.6 is 35.1 Å². The maximum Gasteiger partial charge on any atom is 0.416 e. The Labute approximate surface area is 265 Å². The Kier molecular flexibility index (Phi) is 9.56. The summed E-state index contributed by atoms with van der Waals surface area (Å²) in [6.45, 7) is 0.415. The standard InChI is InChI=1S/C25H25F3N8O6S3/c1-42-34-15(18-33-24(29)45-35-18)20(38)32-16-21(39)36-17(23(40)41)10(9-44-22(16)36)8-43-13-6-14(30-7-13)19(37)31-12-4-2-3-11(5-12)25(26,27)28/h2-5,13-14,16,22,30H,6-9H2,1H3,(H,31,37)(H,32,38)(H,40,41)(H2,29,33,35)/b34-15-/t13-,14-,16+,22+/m0/s1. The molecule has 0 bridgehead atoms. The molecule has 0 aliphatic carbocycles. The summed E-state index contributed by atoms with van der Waals surface area (Å²) in [6.07, 6.45) is -4.18. The zero-order valence-electron chi connectivity index (χ0n) is 23.2. The minimum Gasteiger partial charge on any atom is -0.477 e. The van der Waals surface area contributed by atoms with Crippen LogP contribution < -0.4 is 21.7 Å². The van der Waals surface area contributed by atoms with Crippen LogP contribution in [-0.4, -0.2) is 96.6 Å². The van der Waals surface area contributed by atoms with Gasteiger partial charge in [0.2, 0.25) is 17.4 Å². The monoisotopic (exact) mass is 686 g/mol. The fourth-order valence-electron chi connectivity index (χ4n) is 4.86. The Morgan fingerprint density at radius 3 is 2.78 bits per heavy atom. The largest absolute Gasteiger partial charge is 0.477 e. The topological polar surface area (TPSA) is 201 Å². The highest BCUT2D eigenvalue weighted by Gasteiger charge is 2.54. The number of carboxylic acids is 1. The molecule has 0 radical (unpaired) electrons. The van der Waals surface area contributed by atoms with Crippen LogP contribution in [-0.2, 0) is 30.2 Å². The molecule has 3 aliphatic rings. The van der Waals surface area contributed by atoms with Crippen LogP contribution in [0.4, 0.5) is 24.0 Å². The van der Waals surface area contributed by atoms with Crippen LogP contribution in [0.5, 0.6) is 0 Å². The van der Waals surface area contributed by atoms with E-state index in [1.54, 1.807) is 0 Å². The highest BCUT2D eigenvalue weighted by atomic mass is 32.2. The fraction of sp³-hybridized carbons (Fsp3) is 0.400. The van der Waals surface area contributed by atoms with Gasteiger partial charge in [-0.05, 0) is 30.2 Å². The number of oxime groups is 1. The molecule has 0 unspecified atom stereocenters. The number of carbonyl (C=O) groups is 4. The third-order valence-electron chi connectivity index (χ3n) is 6.95. The maximum atomic E-state index is 13.1. The smallest absolute Gasteiger partial charge is 0.416 e. The molecule has 2 fully saturated rings. The molecule has 2 saturated heterocycles. The molecule has 0 spiro atoms. The lowest BCUT2D eigenvalue weighted by molar-refractivity contribution is -0.150. The first kappa shape index (κ1) is 32.5. The number of carbonyl (C=O) groups excluding carboxylic acids is 3. The van der Waals surface area contributed by atoms with Crippen molar-refractivity contribution in [3.63, 3.8) is 0 Å². The normalized spacial score (nSPS) is 23.3. The summed E-state index contributed by atoms with van der Waals surface area (Å²) >= 11 is 3.54. The number of thioether (sulfide) groups is 2. The number of benzene rings is 1. The number of aliphatic carboxylic acids is 1. The summed E-state index contributed by atoms with van der Waals surface area (Å²) in [5, 5.41) is 21.1. The number of nitrogens with zero attached hydrogens (tertiary/aromatic N) is 4. The molecule has 1 aromatic carbocycles. The Morgan fingerprint density at radius 1 is 1.33 bits per heavy atom. The number of nitrogens with one attached hydrogen (secondary N) is 3. The van der Waals surface area contributed by atoms with Gasteiger partial charge in [-0.25, -0.2) is 4.79 Å². The zero-order chi connectivity index (χ0) is 32.5. The molecule has 4 heterocycles. The molecule has 5 rings (SSSR count). The van der Waals surface area contributed by atoms with Gasteiger partial charge in [0.25, 0.3) is 11.8 Å². The van der Waals surface area contributed by atoms with E-state index in [-0.39, 0.29) is 44.8 Å². The van der Waals surface area contributed by atoms with Gasteiger partial charge in [-0.2, -0.15) is 34.3 Å². The zero-order valence-corrected chi connectivity index (χ0v) is 25.6. The summed E-state index contributed by atoms with van der Waals surface area (Å²) in [6, 6.07) is 2.68. The number of rotatable bonds is 10. The Morgan fingerprint density at radius 2 is 2.11 bits per heavy atom. The number of hydrogen-bond acceptors (Lipinski definition) is 13. The molecule has 3 aliphatic heterocycles. The second kappa shape index (κ2) is 13.2. The lowest BCUT2D eigenvalue weighted by atomic mass is 10.0. The van der Waals surface area contributed by atoms with Gasteiger partial charge in [0.05, 0.1) is 11.6 Å². The maximum absolute atomic E-state index is 13.1. The highest BCUT2D eigenvalue weighted by Crippen LogP contribution is 2.42. The number of β-lactam (4-membered cyclic amide) rings is 1. The van der Waals surface area contributed by atoms with Crippen LogP contribution in [0.2, 0.25) is 0 Å². The van der Waals surface area contributed by atoms with Crippen LogP contribution in [0.25, 0.3) is 0 Å². The Hall–Kier alpha value is -3.88. The predicted octanol–water partition coefficient (Wildman–Crippen LogP) is 1.33. The van der Waals surface area contributed by atoms with Crippen molar-refractivity contribution in [3.8, 4) is 0 Å². The summed E-state index contributed by atoms with van der Waals surface area (Å²) < 4.78 is 42.9. The van der Waals surface area contributed by atoms with Crippen molar-refractivity contribution in [1.82, 2.24) is 24.9 Å². The molecule has 0 saturated carbocycles. The van der Waals surface area contributed by atoms with E-state index in [9.17, 15) is 37.5 Å². The second-order valence-corrected chi connectivity index (χ2v) is 13.1. The molecular formula is C25H25F3N8O6S3. The van der Waals surface area contributed by atoms with Crippen molar-refractivity contribution in [2.75, 3.05) is 36.2 Å². The SMILES string of the molecule is CO/N=C(\C(=O)N[C@@H]1C(=O)N2C(C(=O)O)=C(CS[C@@H]3CN[C@H](C(=O)Nc4cccc(C(F)(F)F)c4)C3)CS[C@H]12)c1nsc(N)n1. The lowest BCUT2D eigenvalue weighted by Gasteiger charge is -2.49. The van der Waals surface area contributed by atoms with Crippen molar-refractivity contribution in [2.45, 2.75) is 35.3 Å². The van der Waals surface area contributed by atoms with Crippen molar-refractivity contribution < 1.29 is 42.3 Å². The molecule has 240 valence electrons. The molecule has 14 nitrogen and oxygen atoms in total. The molecule has 45 heavy (non-hydrogen) atoms. The second-order valence-electron chi connectivity index (χ2n) is 9.89. The summed E-state index contributed by atoms with van der Waals surface area (Å²) in [7, 11) is 1.22. The van der Waals surface area contributed by atoms with E-state index in [0.717, 1.165) is 28.6 Å². The number of aromatic nitrogens is 2. The van der Waals surface area contributed by atoms with Crippen molar-refractivity contribution in [1.29, 1.82) is 0 Å². The van der Waals surface area contributed by atoms with Gasteiger partial charge in [-0.1, -0.05) is 11.2 Å². The van der Waals surface area contributed by atoms with Crippen LogP contribution in [0.1, 0.15) is 17.8 Å². The van der Waals surface area contributed by atoms with Crippen LogP contribution in [0.15, 0.2) is 40.7 Å². The first-order chi connectivity index (χ1) is 21.4. The van der Waals surface area contributed by atoms with Crippen LogP contribution in [0, 0.1) is 0 Å². The van der Waals surface area contributed by atoms with Crippen molar-refractivity contribution in [2.24, 2.45) is 5.16 Å². The highest BCUT2D eigenvalue weighted by molar-refractivity contribution is 8.01. The van der Waals surface area contributed by atoms with E-state index in [1.165, 1.54) is 42.8 Å². The van der Waals surface area contributed by atoms with Crippen molar-refractivity contribution in [3.05, 3.63) is 46.9 Å². The summed E-state index contributed by atoms with van der Waals surface area (Å²) in [4.78, 5) is 60.7. The number of fused-ring (bicyclic) bond motifs is 1. The molecule has 6 N–H and O–H groups in total.